The Morgan fingerprint density at radius 3 is 2.60 bits per heavy atom. The Morgan fingerprint density at radius 2 is 2.15 bits per heavy atom. The van der Waals surface area contributed by atoms with Crippen molar-refractivity contribution in [1.29, 1.82) is 0 Å². The van der Waals surface area contributed by atoms with Gasteiger partial charge in [0.05, 0.1) is 5.69 Å². The van der Waals surface area contributed by atoms with Crippen LogP contribution in [-0.2, 0) is 15.5 Å². The molecule has 1 amide bonds. The summed E-state index contributed by atoms with van der Waals surface area (Å²) < 4.78 is 23.2. The molecule has 1 aromatic rings. The SMILES string of the molecule is CCc1[nH]nc(C(=O)NCC2(C)CCC2)c1S(=O)(=O)Cl. The minimum Gasteiger partial charge on any atom is -0.350 e. The molecule has 1 aliphatic rings. The highest BCUT2D eigenvalue weighted by Crippen LogP contribution is 2.39. The van der Waals surface area contributed by atoms with Gasteiger partial charge in [-0.15, -0.1) is 0 Å². The molecule has 8 heteroatoms. The smallest absolute Gasteiger partial charge is 0.273 e. The lowest BCUT2D eigenvalue weighted by molar-refractivity contribution is 0.0882. The number of carbonyl (C=O) groups is 1. The number of nitrogens with zero attached hydrogens (tertiary/aromatic N) is 1. The summed E-state index contributed by atoms with van der Waals surface area (Å²) in [6, 6.07) is 0. The molecular weight excluding hydrogens is 302 g/mol. The number of aryl methyl sites for hydroxylation is 1. The van der Waals surface area contributed by atoms with Gasteiger partial charge < -0.3 is 5.32 Å². The third kappa shape index (κ3) is 2.98. The highest BCUT2D eigenvalue weighted by molar-refractivity contribution is 8.13. The molecule has 0 aliphatic heterocycles. The molecule has 0 radical (unpaired) electrons. The largest absolute Gasteiger partial charge is 0.350 e. The Bertz CT molecular complexity index is 620. The fourth-order valence-electron chi connectivity index (χ4n) is 2.36. The molecule has 1 saturated carbocycles. The number of nitrogens with one attached hydrogen (secondary N) is 2. The molecule has 0 aromatic carbocycles. The van der Waals surface area contributed by atoms with Crippen molar-refractivity contribution in [2.75, 3.05) is 6.54 Å². The molecule has 1 aromatic heterocycles. The fraction of sp³-hybridized carbons (Fsp3) is 0.667. The van der Waals surface area contributed by atoms with E-state index in [-0.39, 0.29) is 16.0 Å². The maximum atomic E-state index is 12.1. The van der Waals surface area contributed by atoms with E-state index in [4.69, 9.17) is 10.7 Å². The molecule has 2 rings (SSSR count). The van der Waals surface area contributed by atoms with Crippen molar-refractivity contribution in [3.63, 3.8) is 0 Å². The van der Waals surface area contributed by atoms with Crippen LogP contribution < -0.4 is 5.32 Å². The second-order valence-corrected chi connectivity index (χ2v) is 8.02. The maximum absolute atomic E-state index is 12.1. The summed E-state index contributed by atoms with van der Waals surface area (Å²) in [5, 5.41) is 9.11. The predicted molar refractivity (Wildman–Crippen MR) is 75.3 cm³/mol. The van der Waals surface area contributed by atoms with Crippen LogP contribution in [0.4, 0.5) is 0 Å². The summed E-state index contributed by atoms with van der Waals surface area (Å²) in [5.74, 6) is -0.506. The van der Waals surface area contributed by atoms with Crippen LogP contribution >= 0.6 is 10.7 Å². The van der Waals surface area contributed by atoms with E-state index >= 15 is 0 Å². The first-order chi connectivity index (χ1) is 9.27. The first-order valence-corrected chi connectivity index (χ1v) is 8.88. The van der Waals surface area contributed by atoms with E-state index in [1.54, 1.807) is 6.92 Å². The number of aromatic amines is 1. The van der Waals surface area contributed by atoms with Gasteiger partial charge in [-0.25, -0.2) is 8.42 Å². The van der Waals surface area contributed by atoms with E-state index in [9.17, 15) is 13.2 Å². The van der Waals surface area contributed by atoms with E-state index < -0.39 is 15.0 Å². The van der Waals surface area contributed by atoms with E-state index in [0.29, 0.717) is 18.7 Å². The van der Waals surface area contributed by atoms with Crippen molar-refractivity contribution >= 4 is 25.6 Å². The van der Waals surface area contributed by atoms with Crippen molar-refractivity contribution in [2.45, 2.75) is 44.4 Å². The van der Waals surface area contributed by atoms with E-state index in [0.717, 1.165) is 19.3 Å². The molecule has 20 heavy (non-hydrogen) atoms. The number of rotatable bonds is 5. The zero-order valence-corrected chi connectivity index (χ0v) is 13.1. The lowest BCUT2D eigenvalue weighted by atomic mass is 9.70. The van der Waals surface area contributed by atoms with Crippen molar-refractivity contribution in [3.8, 4) is 0 Å². The number of hydrogen-bond acceptors (Lipinski definition) is 4. The Balaban J connectivity index is 2.20. The van der Waals surface area contributed by atoms with Crippen molar-refractivity contribution in [1.82, 2.24) is 15.5 Å². The number of hydrogen-bond donors (Lipinski definition) is 2. The third-order valence-corrected chi connectivity index (χ3v) is 5.23. The minimum atomic E-state index is -4.01. The molecule has 1 aliphatic carbocycles. The Morgan fingerprint density at radius 1 is 1.50 bits per heavy atom. The van der Waals surface area contributed by atoms with Gasteiger partial charge >= 0.3 is 0 Å². The van der Waals surface area contributed by atoms with Gasteiger partial charge in [-0.3, -0.25) is 9.89 Å². The average Bonchev–Trinajstić information content (AvgIpc) is 2.77. The van der Waals surface area contributed by atoms with Gasteiger partial charge in [0.1, 0.15) is 4.90 Å². The van der Waals surface area contributed by atoms with Crippen LogP contribution in [0.25, 0.3) is 0 Å². The maximum Gasteiger partial charge on any atom is 0.273 e. The highest BCUT2D eigenvalue weighted by atomic mass is 35.7. The Kier molecular flexibility index (Phi) is 4.11. The zero-order valence-electron chi connectivity index (χ0n) is 11.5. The first-order valence-electron chi connectivity index (χ1n) is 6.57. The molecule has 0 saturated heterocycles. The van der Waals surface area contributed by atoms with Crippen LogP contribution in [0.15, 0.2) is 4.90 Å². The molecule has 2 N–H and O–H groups in total. The van der Waals surface area contributed by atoms with Gasteiger partial charge in [-0.2, -0.15) is 5.10 Å². The number of amides is 1. The molecular formula is C12H18ClN3O3S. The van der Waals surface area contributed by atoms with Crippen LogP contribution in [0.1, 0.15) is 49.3 Å². The topological polar surface area (TPSA) is 91.9 Å². The molecule has 0 atom stereocenters. The number of H-pyrrole nitrogens is 1. The first kappa shape index (κ1) is 15.3. The van der Waals surface area contributed by atoms with E-state index in [1.165, 1.54) is 0 Å². The van der Waals surface area contributed by atoms with Crippen LogP contribution in [0.5, 0.6) is 0 Å². The summed E-state index contributed by atoms with van der Waals surface area (Å²) >= 11 is 0. The number of halogens is 1. The second kappa shape index (κ2) is 5.37. The molecule has 1 heterocycles. The molecule has 0 bridgehead atoms. The normalized spacial score (nSPS) is 17.6. The zero-order chi connectivity index (χ0) is 15.0. The molecule has 6 nitrogen and oxygen atoms in total. The summed E-state index contributed by atoms with van der Waals surface area (Å²) in [6.07, 6.45) is 3.69. The van der Waals surface area contributed by atoms with Crippen LogP contribution in [0.2, 0.25) is 0 Å². The monoisotopic (exact) mass is 319 g/mol. The highest BCUT2D eigenvalue weighted by Gasteiger charge is 2.33. The summed E-state index contributed by atoms with van der Waals surface area (Å²) in [7, 11) is 1.39. The lowest BCUT2D eigenvalue weighted by Crippen LogP contribution is -2.40. The quantitative estimate of drug-likeness (QED) is 0.810. The van der Waals surface area contributed by atoms with Crippen LogP contribution in [0.3, 0.4) is 0 Å². The van der Waals surface area contributed by atoms with Gasteiger partial charge in [-0.1, -0.05) is 20.3 Å². The van der Waals surface area contributed by atoms with E-state index in [2.05, 4.69) is 22.4 Å². The summed E-state index contributed by atoms with van der Waals surface area (Å²) in [4.78, 5) is 11.9. The van der Waals surface area contributed by atoms with E-state index in [1.807, 2.05) is 0 Å². The van der Waals surface area contributed by atoms with Gasteiger partial charge in [-0.05, 0) is 24.7 Å². The Hall–Kier alpha value is -1.08. The molecule has 0 spiro atoms. The Labute approximate surface area is 122 Å². The predicted octanol–water partition coefficient (Wildman–Crippen LogP) is 1.82. The third-order valence-electron chi connectivity index (χ3n) is 3.84. The van der Waals surface area contributed by atoms with Crippen molar-refractivity contribution < 1.29 is 13.2 Å². The fourth-order valence-corrected chi connectivity index (χ4v) is 3.71. The van der Waals surface area contributed by atoms with Crippen LogP contribution in [-0.4, -0.2) is 31.1 Å². The summed E-state index contributed by atoms with van der Waals surface area (Å²) in [5.41, 5.74) is 0.305. The standard InChI is InChI=1S/C12H18ClN3O3S/c1-3-8-10(20(13,18)19)9(16-15-8)11(17)14-7-12(2)5-4-6-12/h3-7H2,1-2H3,(H,14,17)(H,15,16). The van der Waals surface area contributed by atoms with Crippen LogP contribution in [0, 0.1) is 5.41 Å². The number of aromatic nitrogens is 2. The molecule has 0 unspecified atom stereocenters. The van der Waals surface area contributed by atoms with Gasteiger partial charge in [0.25, 0.3) is 15.0 Å². The number of carbonyl (C=O) groups excluding carboxylic acids is 1. The van der Waals surface area contributed by atoms with Crippen molar-refractivity contribution in [3.05, 3.63) is 11.4 Å². The average molecular weight is 320 g/mol. The molecule has 112 valence electrons. The van der Waals surface area contributed by atoms with Gasteiger partial charge in [0.2, 0.25) is 0 Å². The summed E-state index contributed by atoms with van der Waals surface area (Å²) in [6.45, 7) is 4.37. The lowest BCUT2D eigenvalue weighted by Gasteiger charge is -2.38. The van der Waals surface area contributed by atoms with Gasteiger partial charge in [0.15, 0.2) is 5.69 Å². The minimum absolute atomic E-state index is 0.111. The molecule has 1 fully saturated rings. The second-order valence-electron chi connectivity index (χ2n) is 5.52. The van der Waals surface area contributed by atoms with Gasteiger partial charge in [0, 0.05) is 17.2 Å². The van der Waals surface area contributed by atoms with Crippen molar-refractivity contribution in [2.24, 2.45) is 5.41 Å².